The molecule has 102 heavy (non-hydrogen) atoms. The van der Waals surface area contributed by atoms with Gasteiger partial charge in [-0.2, -0.15) is 0 Å². The predicted molar refractivity (Wildman–Crippen MR) is 335 cm³/mol. The highest BCUT2D eigenvalue weighted by Crippen LogP contribution is 2.49. The number of carbonyl (C=O) groups excluding carboxylic acids is 4. The van der Waals surface area contributed by atoms with Crippen LogP contribution < -0.4 is 11.1 Å². The number of phosphoric acid groups is 2. The smallest absolute Gasteiger partial charge is 0.462 e. The van der Waals surface area contributed by atoms with Crippen LogP contribution in [0.25, 0.3) is 0 Å². The van der Waals surface area contributed by atoms with E-state index in [4.69, 9.17) is 80.7 Å². The van der Waals surface area contributed by atoms with E-state index in [0.29, 0.717) is 37.7 Å². The van der Waals surface area contributed by atoms with Crippen LogP contribution in [-0.4, -0.2) is 324 Å². The van der Waals surface area contributed by atoms with Crippen molar-refractivity contribution in [2.75, 3.05) is 52.8 Å². The average molecular weight is 1520 g/mol. The fourth-order valence-corrected chi connectivity index (χ4v) is 12.8. The molecule has 42 heteroatoms. The minimum Gasteiger partial charge on any atom is -0.462 e. The van der Waals surface area contributed by atoms with Gasteiger partial charge in [-0.15, -0.1) is 0 Å². The first-order chi connectivity index (χ1) is 48.4. The zero-order chi connectivity index (χ0) is 75.2. The zero-order valence-corrected chi connectivity index (χ0v) is 58.0. The molecule has 1 saturated carbocycles. The van der Waals surface area contributed by atoms with E-state index in [-0.39, 0.29) is 38.8 Å². The van der Waals surface area contributed by atoms with Crippen molar-refractivity contribution in [2.45, 2.75) is 263 Å². The Kier molecular flexibility index (Phi) is 35.9. The second kappa shape index (κ2) is 42.1. The summed E-state index contributed by atoms with van der Waals surface area (Å²) in [5.74, 6) is -2.53. The van der Waals surface area contributed by atoms with E-state index in [1.807, 2.05) is 13.8 Å². The predicted octanol–water partition coefficient (Wildman–Crippen LogP) is -5.01. The summed E-state index contributed by atoms with van der Waals surface area (Å²) in [4.78, 5) is 72.5. The topological polar surface area (TPSA) is 612 Å². The van der Waals surface area contributed by atoms with Crippen LogP contribution in [0.3, 0.4) is 0 Å². The fourth-order valence-electron chi connectivity index (χ4n) is 11.1. The SMILES string of the molecule is CCCCCC(=O)OC[C@H](COP(=O)(O)O[C@@H]1[C@H](OC(=O)CCCC)[C@H](O)[C@@H](O)[C@H](O)[C@H]1O[C@H]1O[C@H](CO[C@H]2O[C@H](CO)[C@@H](O)[C@H](O)[C@@H]2O[C@H]2O[C@H](CO)[C@@H](O)[C@H](O)[C@@H]2O[C@H]2O[C@H](COP(=O)(O)OCCNC(=O)OCc3ccccc3)[C@@H](O)[C@H](O)[C@@H]2O)[C@@H](O)[C@H](O)[C@H]1N)OC(=O)CCCCC. The van der Waals surface area contributed by atoms with Crippen molar-refractivity contribution in [3.63, 3.8) is 0 Å². The number of alkyl carbamates (subject to hydrolysis) is 1. The fraction of sp³-hybridized carbons (Fsp3) is 0.833. The molecule has 0 radical (unpaired) electrons. The molecule has 5 aliphatic rings. The number of rotatable bonds is 40. The van der Waals surface area contributed by atoms with Crippen molar-refractivity contribution < 1.29 is 185 Å². The van der Waals surface area contributed by atoms with Gasteiger partial charge in [-0.3, -0.25) is 32.5 Å². The average Bonchev–Trinajstić information content (AvgIpc) is 0.769. The number of hydrogen-bond donors (Lipinski definition) is 18. The number of amides is 1. The van der Waals surface area contributed by atoms with Gasteiger partial charge in [0.2, 0.25) is 0 Å². The molecule has 0 spiro atoms. The standard InChI is InChI=1S/C60H100N2O38P2/c1-4-7-11-18-35(65)85-25-30(91-36(66)19-12-8-5-2)26-89-102(83,84)100-55-51(96-37(67)17-9-6-3)48(77)45(74)49(78)52(55)97-56-38(61)43(72)41(70)33(94-56)27-86-58-53(46(75)39(68)31(22-63)92-58)99-59-54(47(76)40(69)32(23-64)93-59)98-57-50(79)44(73)42(71)34(95-57)28-90-101(81,82)88-21-20-62-60(80)87-24-29-15-13-10-14-16-29/h10,13-16,30-34,38-59,63-64,68-79H,4-9,11-12,17-28,61H2,1-3H3,(H,62,80)(H,81,82)(H,83,84)/t30-,31-,32-,33-,34-,38-,39-,40-,41-,42-,43-,44+,45-,46+,47+,48-,49+,50+,51-,52-,53+,54+,55-,56-,57-,58+,59-/m1/s1. The van der Waals surface area contributed by atoms with Gasteiger partial charge in [-0.1, -0.05) is 83.2 Å². The molecule has 4 aliphatic heterocycles. The molecule has 5 fully saturated rings. The Morgan fingerprint density at radius 2 is 1.01 bits per heavy atom. The number of phosphoric ester groups is 2. The molecule has 1 amide bonds. The summed E-state index contributed by atoms with van der Waals surface area (Å²) in [6.45, 7) is -1.50. The maximum atomic E-state index is 14.1. The number of unbranched alkanes of at least 4 members (excludes halogenated alkanes) is 5. The van der Waals surface area contributed by atoms with Gasteiger partial charge < -0.3 is 149 Å². The van der Waals surface area contributed by atoms with Crippen LogP contribution in [-0.2, 0) is 105 Å². The number of benzene rings is 1. The van der Waals surface area contributed by atoms with E-state index in [1.54, 1.807) is 37.3 Å². The Balaban J connectivity index is 1.19. The van der Waals surface area contributed by atoms with Gasteiger partial charge in [0, 0.05) is 25.8 Å². The Morgan fingerprint density at radius 3 is 1.64 bits per heavy atom. The molecule has 1 aromatic carbocycles. The third-order valence-corrected chi connectivity index (χ3v) is 19.0. The molecule has 2 unspecified atom stereocenters. The van der Waals surface area contributed by atoms with E-state index < -0.39 is 251 Å². The third kappa shape index (κ3) is 25.1. The summed E-state index contributed by atoms with van der Waals surface area (Å²) in [5.41, 5.74) is 6.99. The quantitative estimate of drug-likeness (QED) is 0.0127. The van der Waals surface area contributed by atoms with Gasteiger partial charge in [-0.25, -0.2) is 13.9 Å². The van der Waals surface area contributed by atoms with Gasteiger partial charge in [0.25, 0.3) is 0 Å². The Morgan fingerprint density at radius 1 is 0.500 bits per heavy atom. The van der Waals surface area contributed by atoms with Crippen LogP contribution in [0.4, 0.5) is 4.79 Å². The Bertz CT molecular complexity index is 2780. The second-order valence-corrected chi connectivity index (χ2v) is 27.7. The summed E-state index contributed by atoms with van der Waals surface area (Å²) in [5, 5.41) is 158. The molecule has 0 bridgehead atoms. The summed E-state index contributed by atoms with van der Waals surface area (Å²) in [7, 11) is -10.8. The van der Waals surface area contributed by atoms with Crippen LogP contribution >= 0.6 is 15.6 Å². The maximum Gasteiger partial charge on any atom is 0.472 e. The van der Waals surface area contributed by atoms with Gasteiger partial charge in [0.1, 0.15) is 135 Å². The number of aliphatic hydroxyl groups is 14. The number of nitrogens with one attached hydrogen (secondary N) is 1. The van der Waals surface area contributed by atoms with Crippen molar-refractivity contribution in [3.05, 3.63) is 35.9 Å². The third-order valence-electron chi connectivity index (χ3n) is 17.0. The van der Waals surface area contributed by atoms with E-state index in [2.05, 4.69) is 5.32 Å². The normalized spacial score (nSPS) is 36.5. The molecule has 19 N–H and O–H groups in total. The number of hydrogen-bond acceptors (Lipinski definition) is 37. The molecule has 588 valence electrons. The molecule has 1 aromatic rings. The first-order valence-corrected chi connectivity index (χ1v) is 36.5. The van der Waals surface area contributed by atoms with Crippen LogP contribution in [0.1, 0.15) is 97.0 Å². The number of ether oxygens (including phenoxy) is 12. The van der Waals surface area contributed by atoms with Gasteiger partial charge >= 0.3 is 39.6 Å². The largest absolute Gasteiger partial charge is 0.472 e. The number of carbonyl (C=O) groups is 4. The minimum atomic E-state index is -5.69. The summed E-state index contributed by atoms with van der Waals surface area (Å²) in [6.07, 6.45) is -52.5. The number of esters is 3. The zero-order valence-electron chi connectivity index (χ0n) is 56.2. The van der Waals surface area contributed by atoms with Gasteiger partial charge in [0.05, 0.1) is 45.7 Å². The van der Waals surface area contributed by atoms with Crippen molar-refractivity contribution in [3.8, 4) is 0 Å². The Hall–Kier alpha value is -3.80. The first kappa shape index (κ1) is 87.1. The van der Waals surface area contributed by atoms with Crippen LogP contribution in [0.2, 0.25) is 0 Å². The molecule has 4 saturated heterocycles. The summed E-state index contributed by atoms with van der Waals surface area (Å²) < 4.78 is 115. The monoisotopic (exact) mass is 1520 g/mol. The number of nitrogens with two attached hydrogens (primary N) is 1. The Labute approximate surface area is 585 Å². The van der Waals surface area contributed by atoms with Crippen LogP contribution in [0.5, 0.6) is 0 Å². The van der Waals surface area contributed by atoms with Gasteiger partial charge in [-0.05, 0) is 24.8 Å². The van der Waals surface area contributed by atoms with Gasteiger partial charge in [0.15, 0.2) is 37.4 Å². The highest BCUT2D eigenvalue weighted by Gasteiger charge is 2.59. The molecular formula is C60H100N2O38P2. The van der Waals surface area contributed by atoms with E-state index in [9.17, 15) is 110 Å². The van der Waals surface area contributed by atoms with E-state index in [1.165, 1.54) is 0 Å². The minimum absolute atomic E-state index is 0.00943. The van der Waals surface area contributed by atoms with Crippen molar-refractivity contribution >= 4 is 39.6 Å². The summed E-state index contributed by atoms with van der Waals surface area (Å²) >= 11 is 0. The van der Waals surface area contributed by atoms with Crippen LogP contribution in [0, 0.1) is 0 Å². The van der Waals surface area contributed by atoms with E-state index >= 15 is 0 Å². The lowest BCUT2D eigenvalue weighted by Gasteiger charge is -2.49. The molecule has 4 heterocycles. The van der Waals surface area contributed by atoms with Crippen molar-refractivity contribution in [1.29, 1.82) is 0 Å². The van der Waals surface area contributed by atoms with Crippen LogP contribution in [0.15, 0.2) is 30.3 Å². The molecule has 1 aliphatic carbocycles. The highest BCUT2D eigenvalue weighted by molar-refractivity contribution is 7.47. The van der Waals surface area contributed by atoms with Crippen molar-refractivity contribution in [1.82, 2.24) is 5.32 Å². The molecule has 40 nitrogen and oxygen atoms in total. The van der Waals surface area contributed by atoms with E-state index in [0.717, 1.165) is 12.8 Å². The maximum absolute atomic E-state index is 14.1. The lowest BCUT2D eigenvalue weighted by Crippen LogP contribution is -2.69. The molecule has 6 rings (SSSR count). The number of aliphatic hydroxyl groups excluding tert-OH is 14. The molecular weight excluding hydrogens is 1420 g/mol. The second-order valence-electron chi connectivity index (χ2n) is 24.8. The molecule has 0 aromatic heterocycles. The lowest BCUT2D eigenvalue weighted by atomic mass is 9.84. The molecule has 29 atom stereocenters. The lowest BCUT2D eigenvalue weighted by molar-refractivity contribution is -0.395. The first-order valence-electron chi connectivity index (χ1n) is 33.5. The summed E-state index contributed by atoms with van der Waals surface area (Å²) in [6, 6.07) is 6.71. The highest BCUT2D eigenvalue weighted by atomic mass is 31.2. The van der Waals surface area contributed by atoms with Crippen molar-refractivity contribution in [2.24, 2.45) is 5.73 Å².